The minimum absolute atomic E-state index is 0. The summed E-state index contributed by atoms with van der Waals surface area (Å²) in [6, 6.07) is 4.05. The summed E-state index contributed by atoms with van der Waals surface area (Å²) in [4.78, 5) is 16.4. The van der Waals surface area contributed by atoms with Crippen LogP contribution in [0.25, 0.3) is 11.1 Å². The maximum Gasteiger partial charge on any atom is 2.00 e. The molecule has 34 heavy (non-hydrogen) atoms. The molecule has 1 saturated heterocycles. The number of pyridine rings is 1. The first-order chi connectivity index (χ1) is 15.7. The maximum absolute atomic E-state index is 12.5. The van der Waals surface area contributed by atoms with Crippen molar-refractivity contribution in [1.29, 1.82) is 0 Å². The van der Waals surface area contributed by atoms with Gasteiger partial charge in [0.05, 0.1) is 6.61 Å². The smallest absolute Gasteiger partial charge is 0.456 e. The Bertz CT molecular complexity index is 938. The van der Waals surface area contributed by atoms with Gasteiger partial charge in [0.15, 0.2) is 0 Å². The van der Waals surface area contributed by atoms with Crippen molar-refractivity contribution in [2.75, 3.05) is 19.8 Å². The van der Waals surface area contributed by atoms with Crippen LogP contribution in [0.4, 0.5) is 13.2 Å². The van der Waals surface area contributed by atoms with E-state index in [1.807, 2.05) is 0 Å². The second kappa shape index (κ2) is 12.9. The van der Waals surface area contributed by atoms with Gasteiger partial charge in [-0.25, -0.2) is 0 Å². The van der Waals surface area contributed by atoms with E-state index in [9.17, 15) is 18.0 Å². The Morgan fingerprint density at radius 3 is 2.50 bits per heavy atom. The summed E-state index contributed by atoms with van der Waals surface area (Å²) in [5, 5.41) is 0. The number of alkyl halides is 3. The van der Waals surface area contributed by atoms with Gasteiger partial charge in [-0.3, -0.25) is 4.98 Å². The monoisotopic (exact) mass is 700 g/mol. The van der Waals surface area contributed by atoms with E-state index in [-0.39, 0.29) is 48.6 Å². The third-order valence-electron chi connectivity index (χ3n) is 6.05. The Labute approximate surface area is 222 Å². The number of hydrogen-bond acceptors (Lipinski definition) is 5. The van der Waals surface area contributed by atoms with Gasteiger partial charge in [0.25, 0.3) is 0 Å². The van der Waals surface area contributed by atoms with Crippen molar-refractivity contribution in [1.82, 2.24) is 9.88 Å². The predicted molar refractivity (Wildman–Crippen MR) is 119 cm³/mol. The van der Waals surface area contributed by atoms with Gasteiger partial charge in [0, 0.05) is 36.9 Å². The first kappa shape index (κ1) is 28.7. The molecular weight excluding hydrogens is 671 g/mol. The molecule has 0 radical (unpaired) electrons. The van der Waals surface area contributed by atoms with Gasteiger partial charge in [0.2, 0.25) is 5.76 Å². The summed E-state index contributed by atoms with van der Waals surface area (Å²) in [6.45, 7) is 12.4. The van der Waals surface area contributed by atoms with E-state index in [1.54, 1.807) is 6.29 Å². The van der Waals surface area contributed by atoms with E-state index < -0.39 is 11.9 Å². The van der Waals surface area contributed by atoms with Gasteiger partial charge in [-0.05, 0) is 37.3 Å². The molecule has 0 amide bonds. The zero-order valence-electron chi connectivity index (χ0n) is 19.3. The zero-order chi connectivity index (χ0) is 24.0. The Hall–Kier alpha value is -1.56. The Balaban J connectivity index is 0.000000237. The van der Waals surface area contributed by atoms with Crippen LogP contribution < -0.4 is 0 Å². The van der Waals surface area contributed by atoms with Crippen molar-refractivity contribution in [3.8, 4) is 11.1 Å². The van der Waals surface area contributed by atoms with Crippen LogP contribution in [0.3, 0.4) is 0 Å². The average Bonchev–Trinajstić information content (AvgIpc) is 3.22. The quantitative estimate of drug-likeness (QED) is 0.381. The molecule has 9 heteroatoms. The normalized spacial score (nSPS) is 19.0. The largest absolute Gasteiger partial charge is 2.00 e. The number of halogens is 3. The second-order valence-corrected chi connectivity index (χ2v) is 8.36. The van der Waals surface area contributed by atoms with Crippen LogP contribution >= 0.6 is 0 Å². The molecule has 0 aromatic carbocycles. The first-order valence-electron chi connectivity index (χ1n) is 11.1. The molecule has 1 unspecified atom stereocenters. The Morgan fingerprint density at radius 2 is 1.97 bits per heavy atom. The number of allylic oxidation sites excluding steroid dienone is 1. The number of carbonyl (C=O) groups excluding carboxylic acids is 1. The average molecular weight is 701 g/mol. The SMILES string of the molecule is C=C(C1CCCCC1)N1CCOCC1[CH2-].Cc1oc(C(F)(F)F)cc1-c1ccc([C-]=O)nc1.[U+2]. The summed E-state index contributed by atoms with van der Waals surface area (Å²) < 4.78 is 47.4. The van der Waals surface area contributed by atoms with Crippen LogP contribution in [0, 0.1) is 50.9 Å². The zero-order valence-corrected chi connectivity index (χ0v) is 23.5. The van der Waals surface area contributed by atoms with Crippen molar-refractivity contribution >= 4 is 6.29 Å². The van der Waals surface area contributed by atoms with Crippen LogP contribution in [-0.4, -0.2) is 42.0 Å². The van der Waals surface area contributed by atoms with Gasteiger partial charge in [-0.15, -0.1) is 6.07 Å². The van der Waals surface area contributed by atoms with E-state index in [0.29, 0.717) is 17.0 Å². The molecule has 1 aliphatic carbocycles. The van der Waals surface area contributed by atoms with Gasteiger partial charge in [-0.2, -0.15) is 19.2 Å². The van der Waals surface area contributed by atoms with Crippen LogP contribution in [0.5, 0.6) is 0 Å². The van der Waals surface area contributed by atoms with Gasteiger partial charge in [0.1, 0.15) is 5.76 Å². The number of aryl methyl sites for hydroxylation is 1. The summed E-state index contributed by atoms with van der Waals surface area (Å²) >= 11 is 0. The molecule has 0 bridgehead atoms. The number of morpholine rings is 1. The van der Waals surface area contributed by atoms with E-state index in [4.69, 9.17) is 4.74 Å². The molecule has 2 aromatic rings. The number of rotatable bonds is 4. The van der Waals surface area contributed by atoms with Crippen molar-refractivity contribution < 1.29 is 58.2 Å². The molecule has 2 aromatic heterocycles. The molecule has 2 aliphatic rings. The number of ether oxygens (including phenoxy) is 1. The number of furan rings is 1. The van der Waals surface area contributed by atoms with E-state index in [0.717, 1.165) is 25.8 Å². The fourth-order valence-corrected chi connectivity index (χ4v) is 4.23. The van der Waals surface area contributed by atoms with Gasteiger partial charge in [-0.1, -0.05) is 37.6 Å². The van der Waals surface area contributed by atoms with Crippen molar-refractivity contribution in [3.63, 3.8) is 0 Å². The van der Waals surface area contributed by atoms with Gasteiger partial charge >= 0.3 is 37.3 Å². The molecule has 3 heterocycles. The van der Waals surface area contributed by atoms with Gasteiger partial charge < -0.3 is 25.8 Å². The van der Waals surface area contributed by atoms with Crippen LogP contribution in [0.15, 0.2) is 41.1 Å². The third kappa shape index (κ3) is 7.47. The standard InChI is InChI=1S/C13H22NO.C12H7F3NO2.U/c1-11-10-15-9-8-14(11)12(2)13-6-4-3-5-7-13;1-7-10(4-11(18-7)12(13,14)15)8-2-3-9(6-17)16-5-8;/h11,13H,1-10H2;2-5H,1H3;/q2*-1;+2. The Morgan fingerprint density at radius 1 is 1.26 bits per heavy atom. The molecule has 1 aliphatic heterocycles. The topological polar surface area (TPSA) is 55.6 Å². The minimum Gasteiger partial charge on any atom is -0.456 e. The predicted octanol–water partition coefficient (Wildman–Crippen LogP) is 5.74. The number of aromatic nitrogens is 1. The van der Waals surface area contributed by atoms with E-state index >= 15 is 0 Å². The van der Waals surface area contributed by atoms with Crippen LogP contribution in [-0.2, 0) is 15.7 Å². The molecule has 0 N–H and O–H groups in total. The number of hydrogen-bond donors (Lipinski definition) is 0. The van der Waals surface area contributed by atoms with E-state index in [2.05, 4.69) is 27.8 Å². The Kier molecular flexibility index (Phi) is 10.9. The molecule has 4 rings (SSSR count). The molecular formula is C25H29F3N2O3U. The van der Waals surface area contributed by atoms with Crippen LogP contribution in [0.1, 0.15) is 49.3 Å². The molecule has 5 nitrogen and oxygen atoms in total. The molecule has 0 spiro atoms. The van der Waals surface area contributed by atoms with Crippen molar-refractivity contribution in [3.05, 3.63) is 60.8 Å². The summed E-state index contributed by atoms with van der Waals surface area (Å²) in [5.74, 6) is -0.200. The minimum atomic E-state index is -4.52. The third-order valence-corrected chi connectivity index (χ3v) is 6.05. The molecule has 1 saturated carbocycles. The summed E-state index contributed by atoms with van der Waals surface area (Å²) in [6.07, 6.45) is 5.16. The molecule has 1 atom stereocenters. The fraction of sp³-hybridized carbons (Fsp3) is 0.480. The first-order valence-corrected chi connectivity index (χ1v) is 11.1. The fourth-order valence-electron chi connectivity index (χ4n) is 4.23. The van der Waals surface area contributed by atoms with Crippen molar-refractivity contribution in [2.45, 2.75) is 51.2 Å². The van der Waals surface area contributed by atoms with Crippen LogP contribution in [0.2, 0.25) is 0 Å². The number of nitrogens with zero attached hydrogens (tertiary/aromatic N) is 2. The second-order valence-electron chi connectivity index (χ2n) is 8.36. The van der Waals surface area contributed by atoms with Crippen molar-refractivity contribution in [2.24, 2.45) is 5.92 Å². The summed E-state index contributed by atoms with van der Waals surface area (Å²) in [7, 11) is 0. The maximum atomic E-state index is 12.5. The summed E-state index contributed by atoms with van der Waals surface area (Å²) in [5.41, 5.74) is 2.16. The molecule has 182 valence electrons. The van der Waals surface area contributed by atoms with E-state index in [1.165, 1.54) is 63.1 Å². The molecule has 2 fully saturated rings.